The van der Waals surface area contributed by atoms with Gasteiger partial charge in [0.1, 0.15) is 6.07 Å². The summed E-state index contributed by atoms with van der Waals surface area (Å²) in [6.07, 6.45) is 0. The average Bonchev–Trinajstić information content (AvgIpc) is 2.57. The molecule has 0 unspecified atom stereocenters. The zero-order valence-corrected chi connectivity index (χ0v) is 13.3. The molecule has 0 saturated heterocycles. The summed E-state index contributed by atoms with van der Waals surface area (Å²) in [6.45, 7) is 0. The van der Waals surface area contributed by atoms with Crippen molar-refractivity contribution in [3.8, 4) is 6.07 Å². The Labute approximate surface area is 139 Å². The molecule has 2 aromatic carbocycles. The number of fused-ring (bicyclic) bond motifs is 1. The number of H-pyrrole nitrogens is 1. The van der Waals surface area contributed by atoms with E-state index in [0.29, 0.717) is 16.6 Å². The number of aromatic nitrogens is 2. The number of para-hydroxylation sites is 1. The highest BCUT2D eigenvalue weighted by atomic mass is 79.9. The Morgan fingerprint density at radius 1 is 1.22 bits per heavy atom. The van der Waals surface area contributed by atoms with Crippen molar-refractivity contribution in [2.24, 2.45) is 5.10 Å². The van der Waals surface area contributed by atoms with Crippen molar-refractivity contribution in [1.82, 2.24) is 9.97 Å². The Hall–Kier alpha value is -2.98. The van der Waals surface area contributed by atoms with Crippen LogP contribution in [0.1, 0.15) is 5.82 Å². The molecule has 0 amide bonds. The van der Waals surface area contributed by atoms with Crippen LogP contribution in [-0.2, 0) is 0 Å². The average molecular weight is 368 g/mol. The van der Waals surface area contributed by atoms with Crippen LogP contribution in [0.3, 0.4) is 0 Å². The monoisotopic (exact) mass is 367 g/mol. The standard InChI is InChI=1S/C16H10BrN5O/c17-10-5-7-11(8-6-10)21-22-14(9-18)15-19-13-4-2-1-3-12(13)16(23)20-15/h1-8,21H,(H,19,20,23). The van der Waals surface area contributed by atoms with E-state index < -0.39 is 0 Å². The zero-order valence-electron chi connectivity index (χ0n) is 11.7. The number of hydrogen-bond acceptors (Lipinski definition) is 5. The fourth-order valence-corrected chi connectivity index (χ4v) is 2.24. The first-order valence-corrected chi connectivity index (χ1v) is 7.45. The molecule has 1 aromatic heterocycles. The summed E-state index contributed by atoms with van der Waals surface area (Å²) in [5, 5.41) is 13.8. The number of nitriles is 1. The number of nitrogens with one attached hydrogen (secondary N) is 2. The molecule has 0 bridgehead atoms. The number of aromatic amines is 1. The van der Waals surface area contributed by atoms with Crippen LogP contribution < -0.4 is 11.0 Å². The Morgan fingerprint density at radius 3 is 2.70 bits per heavy atom. The quantitative estimate of drug-likeness (QED) is 0.549. The molecule has 0 aliphatic carbocycles. The summed E-state index contributed by atoms with van der Waals surface area (Å²) in [7, 11) is 0. The maximum Gasteiger partial charge on any atom is 0.259 e. The van der Waals surface area contributed by atoms with E-state index in [9.17, 15) is 10.1 Å². The number of halogens is 1. The first-order valence-electron chi connectivity index (χ1n) is 6.66. The normalized spacial score (nSPS) is 11.2. The summed E-state index contributed by atoms with van der Waals surface area (Å²) < 4.78 is 0.938. The third-order valence-electron chi connectivity index (χ3n) is 3.08. The molecule has 23 heavy (non-hydrogen) atoms. The number of rotatable bonds is 3. The van der Waals surface area contributed by atoms with Crippen LogP contribution in [0.4, 0.5) is 5.69 Å². The molecule has 0 atom stereocenters. The number of benzene rings is 2. The molecule has 7 heteroatoms. The van der Waals surface area contributed by atoms with Crippen LogP contribution in [0.15, 0.2) is 62.9 Å². The maximum absolute atomic E-state index is 12.0. The van der Waals surface area contributed by atoms with Crippen LogP contribution in [0, 0.1) is 11.3 Å². The van der Waals surface area contributed by atoms with Gasteiger partial charge in [0.25, 0.3) is 5.56 Å². The van der Waals surface area contributed by atoms with Gasteiger partial charge >= 0.3 is 0 Å². The Kier molecular flexibility index (Phi) is 4.17. The van der Waals surface area contributed by atoms with Gasteiger partial charge in [-0.2, -0.15) is 10.4 Å². The molecule has 2 N–H and O–H groups in total. The van der Waals surface area contributed by atoms with Crippen molar-refractivity contribution in [3.05, 3.63) is 69.2 Å². The largest absolute Gasteiger partial charge is 0.304 e. The second kappa shape index (κ2) is 6.42. The van der Waals surface area contributed by atoms with Crippen molar-refractivity contribution >= 4 is 38.2 Å². The van der Waals surface area contributed by atoms with E-state index in [1.165, 1.54) is 0 Å². The van der Waals surface area contributed by atoms with Crippen LogP contribution in [0.2, 0.25) is 0 Å². The second-order valence-corrected chi connectivity index (χ2v) is 5.54. The molecule has 0 spiro atoms. The van der Waals surface area contributed by atoms with E-state index in [2.05, 4.69) is 36.4 Å². The van der Waals surface area contributed by atoms with Gasteiger partial charge in [0.05, 0.1) is 16.6 Å². The predicted molar refractivity (Wildman–Crippen MR) is 92.3 cm³/mol. The topological polar surface area (TPSA) is 93.9 Å². The van der Waals surface area contributed by atoms with Crippen LogP contribution in [-0.4, -0.2) is 15.7 Å². The van der Waals surface area contributed by atoms with Crippen LogP contribution >= 0.6 is 15.9 Å². The van der Waals surface area contributed by atoms with Gasteiger partial charge in [-0.15, -0.1) is 0 Å². The van der Waals surface area contributed by atoms with Gasteiger partial charge in [0, 0.05) is 4.47 Å². The summed E-state index contributed by atoms with van der Waals surface area (Å²) in [5.74, 6) is 0.126. The van der Waals surface area contributed by atoms with E-state index in [1.54, 1.807) is 36.4 Å². The number of anilines is 1. The van der Waals surface area contributed by atoms with E-state index in [1.807, 2.05) is 18.2 Å². The second-order valence-electron chi connectivity index (χ2n) is 4.62. The minimum absolute atomic E-state index is 0.00391. The van der Waals surface area contributed by atoms with Crippen molar-refractivity contribution < 1.29 is 0 Å². The van der Waals surface area contributed by atoms with E-state index in [0.717, 1.165) is 4.47 Å². The first-order chi connectivity index (χ1) is 11.2. The summed E-state index contributed by atoms with van der Waals surface area (Å²) in [5.41, 5.74) is 3.68. The van der Waals surface area contributed by atoms with Gasteiger partial charge in [-0.25, -0.2) is 4.98 Å². The lowest BCUT2D eigenvalue weighted by molar-refractivity contribution is 1.13. The summed E-state index contributed by atoms with van der Waals surface area (Å²) in [6, 6.07) is 16.2. The fourth-order valence-electron chi connectivity index (χ4n) is 1.97. The molecule has 0 aliphatic heterocycles. The van der Waals surface area contributed by atoms with Crippen LogP contribution in [0.5, 0.6) is 0 Å². The van der Waals surface area contributed by atoms with Crippen LogP contribution in [0.25, 0.3) is 10.9 Å². The molecule has 0 saturated carbocycles. The molecule has 0 fully saturated rings. The van der Waals surface area contributed by atoms with Crippen molar-refractivity contribution in [2.75, 3.05) is 5.43 Å². The smallest absolute Gasteiger partial charge is 0.259 e. The van der Waals surface area contributed by atoms with E-state index >= 15 is 0 Å². The van der Waals surface area contributed by atoms with E-state index in [-0.39, 0.29) is 17.1 Å². The molecule has 3 rings (SSSR count). The Morgan fingerprint density at radius 2 is 1.96 bits per heavy atom. The lowest BCUT2D eigenvalue weighted by atomic mass is 10.2. The molecule has 6 nitrogen and oxygen atoms in total. The van der Waals surface area contributed by atoms with Gasteiger partial charge in [0.2, 0.25) is 5.71 Å². The van der Waals surface area contributed by atoms with Crippen molar-refractivity contribution in [3.63, 3.8) is 0 Å². The highest BCUT2D eigenvalue weighted by Crippen LogP contribution is 2.14. The summed E-state index contributed by atoms with van der Waals surface area (Å²) >= 11 is 3.34. The molecular formula is C16H10BrN5O. The minimum Gasteiger partial charge on any atom is -0.304 e. The van der Waals surface area contributed by atoms with Gasteiger partial charge < -0.3 is 4.98 Å². The first kappa shape index (κ1) is 14.9. The molecule has 0 aliphatic rings. The van der Waals surface area contributed by atoms with Gasteiger partial charge in [-0.3, -0.25) is 10.2 Å². The lowest BCUT2D eigenvalue weighted by Gasteiger charge is -2.03. The van der Waals surface area contributed by atoms with Gasteiger partial charge in [0.15, 0.2) is 5.82 Å². The highest BCUT2D eigenvalue weighted by Gasteiger charge is 2.09. The fraction of sp³-hybridized carbons (Fsp3) is 0. The number of hydrazone groups is 1. The van der Waals surface area contributed by atoms with Gasteiger partial charge in [-0.05, 0) is 36.4 Å². The SMILES string of the molecule is N#CC(=NNc1ccc(Br)cc1)c1nc2ccccc2c(=O)[nH]1. The Balaban J connectivity index is 1.97. The minimum atomic E-state index is -0.308. The molecule has 112 valence electrons. The van der Waals surface area contributed by atoms with Gasteiger partial charge in [-0.1, -0.05) is 28.1 Å². The third-order valence-corrected chi connectivity index (χ3v) is 3.61. The third kappa shape index (κ3) is 3.27. The van der Waals surface area contributed by atoms with Crippen molar-refractivity contribution in [2.45, 2.75) is 0 Å². The predicted octanol–water partition coefficient (Wildman–Crippen LogP) is 3.03. The number of hydrogen-bond donors (Lipinski definition) is 2. The number of nitrogens with zero attached hydrogens (tertiary/aromatic N) is 3. The van der Waals surface area contributed by atoms with E-state index in [4.69, 9.17) is 0 Å². The molecule has 0 radical (unpaired) electrons. The molecular weight excluding hydrogens is 358 g/mol. The Bertz CT molecular complexity index is 986. The molecule has 3 aromatic rings. The maximum atomic E-state index is 12.0. The van der Waals surface area contributed by atoms with Crippen molar-refractivity contribution in [1.29, 1.82) is 5.26 Å². The lowest BCUT2D eigenvalue weighted by Crippen LogP contribution is -2.16. The highest BCUT2D eigenvalue weighted by molar-refractivity contribution is 9.10. The molecule has 1 heterocycles. The summed E-state index contributed by atoms with van der Waals surface area (Å²) in [4.78, 5) is 18.9. The zero-order chi connectivity index (χ0) is 16.2.